The second kappa shape index (κ2) is 11.2. The minimum absolute atomic E-state index is 0.244. The largest absolute Gasteiger partial charge is 0.247 e. The van der Waals surface area contributed by atoms with Crippen LogP contribution in [0.3, 0.4) is 0 Å². The maximum absolute atomic E-state index is 14.2. The van der Waals surface area contributed by atoms with E-state index in [0.29, 0.717) is 6.42 Å². The van der Waals surface area contributed by atoms with Crippen molar-refractivity contribution in [1.29, 1.82) is 0 Å². The van der Waals surface area contributed by atoms with E-state index in [4.69, 9.17) is 0 Å². The minimum atomic E-state index is -0.798. The molecular formula is C25H34F. The Labute approximate surface area is 159 Å². The van der Waals surface area contributed by atoms with Crippen molar-refractivity contribution < 1.29 is 4.39 Å². The molecular weight excluding hydrogens is 319 g/mol. The molecule has 1 radical (unpaired) electrons. The zero-order chi connectivity index (χ0) is 18.8. The first-order valence-electron chi connectivity index (χ1n) is 10.3. The molecule has 0 fully saturated rings. The van der Waals surface area contributed by atoms with Gasteiger partial charge in [-0.1, -0.05) is 95.0 Å². The molecule has 0 aliphatic heterocycles. The molecule has 2 atom stereocenters. The second-order valence-electron chi connectivity index (χ2n) is 7.45. The Balaban J connectivity index is 1.89. The quantitative estimate of drug-likeness (QED) is 0.360. The molecule has 2 unspecified atom stereocenters. The van der Waals surface area contributed by atoms with Crippen molar-refractivity contribution in [2.24, 2.45) is 0 Å². The van der Waals surface area contributed by atoms with Crippen LogP contribution in [0.5, 0.6) is 0 Å². The lowest BCUT2D eigenvalue weighted by molar-refractivity contribution is 0.329. The number of hydrogen-bond donors (Lipinski definition) is 0. The van der Waals surface area contributed by atoms with Crippen molar-refractivity contribution in [3.63, 3.8) is 0 Å². The second-order valence-corrected chi connectivity index (χ2v) is 7.45. The minimum Gasteiger partial charge on any atom is -0.247 e. The number of alkyl halides is 1. The summed E-state index contributed by atoms with van der Waals surface area (Å²) in [6.07, 6.45) is 8.34. The monoisotopic (exact) mass is 353 g/mol. The van der Waals surface area contributed by atoms with E-state index in [1.165, 1.54) is 41.5 Å². The van der Waals surface area contributed by atoms with E-state index in [2.05, 4.69) is 69.3 Å². The van der Waals surface area contributed by atoms with Gasteiger partial charge in [-0.05, 0) is 53.9 Å². The van der Waals surface area contributed by atoms with Gasteiger partial charge in [0.2, 0.25) is 0 Å². The highest BCUT2D eigenvalue weighted by Gasteiger charge is 2.14. The number of halogens is 1. The molecule has 0 N–H and O–H groups in total. The molecule has 0 spiro atoms. The van der Waals surface area contributed by atoms with Crippen LogP contribution in [-0.2, 0) is 6.42 Å². The first-order chi connectivity index (χ1) is 12.6. The van der Waals surface area contributed by atoms with Crippen LogP contribution in [0.15, 0.2) is 48.5 Å². The SMILES string of the molecule is CCCCC[CH]C(F)CC(C)c1ccc(-c2ccc(CCC)cc2)cc1. The molecule has 26 heavy (non-hydrogen) atoms. The maximum Gasteiger partial charge on any atom is 0.104 e. The molecule has 0 aliphatic carbocycles. The summed E-state index contributed by atoms with van der Waals surface area (Å²) in [6, 6.07) is 17.5. The van der Waals surface area contributed by atoms with Gasteiger partial charge in [0.25, 0.3) is 0 Å². The van der Waals surface area contributed by atoms with Crippen molar-refractivity contribution >= 4 is 0 Å². The van der Waals surface area contributed by atoms with Crippen LogP contribution in [0.25, 0.3) is 11.1 Å². The molecule has 2 aromatic carbocycles. The molecule has 0 amide bonds. The topological polar surface area (TPSA) is 0 Å². The van der Waals surface area contributed by atoms with E-state index in [9.17, 15) is 4.39 Å². The molecule has 2 aromatic rings. The van der Waals surface area contributed by atoms with Crippen LogP contribution >= 0.6 is 0 Å². The van der Waals surface area contributed by atoms with Gasteiger partial charge in [0.05, 0.1) is 0 Å². The summed E-state index contributed by atoms with van der Waals surface area (Å²) < 4.78 is 14.2. The third kappa shape index (κ3) is 6.59. The van der Waals surface area contributed by atoms with Crippen LogP contribution < -0.4 is 0 Å². The van der Waals surface area contributed by atoms with Gasteiger partial charge in [-0.3, -0.25) is 0 Å². The van der Waals surface area contributed by atoms with Gasteiger partial charge in [0.1, 0.15) is 6.17 Å². The Kier molecular flexibility index (Phi) is 8.88. The predicted octanol–water partition coefficient (Wildman–Crippen LogP) is 7.92. The van der Waals surface area contributed by atoms with Crippen molar-refractivity contribution in [2.75, 3.05) is 0 Å². The van der Waals surface area contributed by atoms with Crippen molar-refractivity contribution in [1.82, 2.24) is 0 Å². The zero-order valence-corrected chi connectivity index (χ0v) is 16.7. The van der Waals surface area contributed by atoms with Gasteiger partial charge in [-0.2, -0.15) is 0 Å². The van der Waals surface area contributed by atoms with Crippen LogP contribution in [0.1, 0.15) is 76.3 Å². The molecule has 0 aromatic heterocycles. The molecule has 141 valence electrons. The van der Waals surface area contributed by atoms with E-state index >= 15 is 0 Å². The zero-order valence-electron chi connectivity index (χ0n) is 16.7. The summed E-state index contributed by atoms with van der Waals surface area (Å²) >= 11 is 0. The predicted molar refractivity (Wildman–Crippen MR) is 112 cm³/mol. The summed E-state index contributed by atoms with van der Waals surface area (Å²) in [5.74, 6) is 0.244. The Morgan fingerprint density at radius 3 is 2.04 bits per heavy atom. The third-order valence-electron chi connectivity index (χ3n) is 5.11. The average Bonchev–Trinajstić information content (AvgIpc) is 2.66. The third-order valence-corrected chi connectivity index (χ3v) is 5.11. The number of unbranched alkanes of at least 4 members (excludes halogenated alkanes) is 3. The molecule has 0 aliphatic rings. The fraction of sp³-hybridized carbons (Fsp3) is 0.480. The summed E-state index contributed by atoms with van der Waals surface area (Å²) in [6.45, 7) is 6.51. The lowest BCUT2D eigenvalue weighted by atomic mass is 9.92. The molecule has 1 heteroatoms. The van der Waals surface area contributed by atoms with Gasteiger partial charge >= 0.3 is 0 Å². The number of hydrogen-bond acceptors (Lipinski definition) is 0. The number of benzene rings is 2. The van der Waals surface area contributed by atoms with Gasteiger partial charge in [0.15, 0.2) is 0 Å². The van der Waals surface area contributed by atoms with Crippen LogP contribution in [-0.4, -0.2) is 6.17 Å². The highest BCUT2D eigenvalue weighted by molar-refractivity contribution is 5.64. The highest BCUT2D eigenvalue weighted by atomic mass is 19.1. The van der Waals surface area contributed by atoms with E-state index < -0.39 is 6.17 Å². The first-order valence-corrected chi connectivity index (χ1v) is 10.3. The van der Waals surface area contributed by atoms with Crippen LogP contribution in [0, 0.1) is 6.42 Å². The van der Waals surface area contributed by atoms with E-state index in [1.807, 2.05) is 6.42 Å². The smallest absolute Gasteiger partial charge is 0.104 e. The highest BCUT2D eigenvalue weighted by Crippen LogP contribution is 2.27. The Hall–Kier alpha value is -1.63. The molecule has 2 rings (SSSR count). The summed E-state index contributed by atoms with van der Waals surface area (Å²) in [5, 5.41) is 0. The summed E-state index contributed by atoms with van der Waals surface area (Å²) in [7, 11) is 0. The van der Waals surface area contributed by atoms with E-state index in [0.717, 1.165) is 19.3 Å². The van der Waals surface area contributed by atoms with Crippen LogP contribution in [0.4, 0.5) is 4.39 Å². The van der Waals surface area contributed by atoms with Crippen molar-refractivity contribution in [3.05, 3.63) is 66.1 Å². The maximum atomic E-state index is 14.2. The normalized spacial score (nSPS) is 13.5. The van der Waals surface area contributed by atoms with Gasteiger partial charge < -0.3 is 0 Å². The fourth-order valence-electron chi connectivity index (χ4n) is 3.42. The first kappa shape index (κ1) is 20.7. The Morgan fingerprint density at radius 2 is 1.46 bits per heavy atom. The van der Waals surface area contributed by atoms with Crippen molar-refractivity contribution in [3.8, 4) is 11.1 Å². The molecule has 0 nitrogen and oxygen atoms in total. The molecule has 0 bridgehead atoms. The Morgan fingerprint density at radius 1 is 0.846 bits per heavy atom. The van der Waals surface area contributed by atoms with Crippen molar-refractivity contribution in [2.45, 2.75) is 77.8 Å². The van der Waals surface area contributed by atoms with E-state index in [-0.39, 0.29) is 5.92 Å². The van der Waals surface area contributed by atoms with Crippen LogP contribution in [0.2, 0.25) is 0 Å². The summed E-state index contributed by atoms with van der Waals surface area (Å²) in [4.78, 5) is 0. The fourth-order valence-corrected chi connectivity index (χ4v) is 3.42. The molecule has 0 saturated heterocycles. The lowest BCUT2D eigenvalue weighted by Gasteiger charge is -2.15. The number of rotatable bonds is 11. The van der Waals surface area contributed by atoms with Gasteiger partial charge in [-0.25, -0.2) is 4.39 Å². The van der Waals surface area contributed by atoms with Gasteiger partial charge in [0, 0.05) is 0 Å². The lowest BCUT2D eigenvalue weighted by Crippen LogP contribution is -2.07. The van der Waals surface area contributed by atoms with E-state index in [1.54, 1.807) is 0 Å². The average molecular weight is 354 g/mol. The van der Waals surface area contributed by atoms with Gasteiger partial charge in [-0.15, -0.1) is 0 Å². The standard InChI is InChI=1S/C25H34F/c1-4-6-7-8-10-25(26)19-20(3)22-15-17-24(18-16-22)23-13-11-21(9-5-2)12-14-23/h10-18,20,25H,4-9,19H2,1-3H3. The number of aryl methyl sites for hydroxylation is 1. The summed E-state index contributed by atoms with van der Waals surface area (Å²) in [5.41, 5.74) is 5.09. The molecule has 0 heterocycles. The molecule has 0 saturated carbocycles. The Bertz CT molecular complexity index is 612.